The molecule has 0 aliphatic rings. The van der Waals surface area contributed by atoms with Gasteiger partial charge in [-0.2, -0.15) is 5.26 Å². The van der Waals surface area contributed by atoms with Gasteiger partial charge in [-0.1, -0.05) is 12.1 Å². The Morgan fingerprint density at radius 2 is 1.81 bits per heavy atom. The van der Waals surface area contributed by atoms with E-state index in [1.807, 2.05) is 37.3 Å². The molecule has 1 aromatic carbocycles. The summed E-state index contributed by atoms with van der Waals surface area (Å²) in [6, 6.07) is 13.0. The van der Waals surface area contributed by atoms with Crippen molar-refractivity contribution in [1.29, 1.82) is 5.26 Å². The second-order valence-electron chi connectivity index (χ2n) is 6.05. The molecule has 2 aromatic rings. The summed E-state index contributed by atoms with van der Waals surface area (Å²) in [7, 11) is 0. The van der Waals surface area contributed by atoms with Crippen LogP contribution in [0, 0.1) is 25.2 Å². The Morgan fingerprint density at radius 1 is 1.19 bits per heavy atom. The number of nitrogens with zero attached hydrogens (tertiary/aromatic N) is 1. The zero-order valence-electron chi connectivity index (χ0n) is 13.3. The minimum absolute atomic E-state index is 0.282. The second kappa shape index (κ2) is 5.91. The predicted molar refractivity (Wildman–Crippen MR) is 90.9 cm³/mol. The quantitative estimate of drug-likeness (QED) is 0.827. The van der Waals surface area contributed by atoms with Crippen LogP contribution in [0.2, 0.25) is 0 Å². The van der Waals surface area contributed by atoms with Gasteiger partial charge in [0.05, 0.1) is 11.5 Å². The molecular formula is C18H22N2S. The fourth-order valence-corrected chi connectivity index (χ4v) is 3.48. The third-order valence-electron chi connectivity index (χ3n) is 3.82. The lowest BCUT2D eigenvalue weighted by atomic mass is 9.86. The molecule has 110 valence electrons. The number of nitriles is 1. The van der Waals surface area contributed by atoms with Crippen molar-refractivity contribution in [3.8, 4) is 6.07 Å². The van der Waals surface area contributed by atoms with Gasteiger partial charge in [0.25, 0.3) is 0 Å². The summed E-state index contributed by atoms with van der Waals surface area (Å²) in [5, 5.41) is 12.7. The summed E-state index contributed by atoms with van der Waals surface area (Å²) >= 11 is 1.84. The normalized spacial score (nSPS) is 12.8. The van der Waals surface area contributed by atoms with Crippen molar-refractivity contribution in [2.24, 2.45) is 0 Å². The van der Waals surface area contributed by atoms with E-state index in [0.29, 0.717) is 0 Å². The monoisotopic (exact) mass is 298 g/mol. The van der Waals surface area contributed by atoms with Crippen LogP contribution in [0.15, 0.2) is 30.3 Å². The summed E-state index contributed by atoms with van der Waals surface area (Å²) in [6.07, 6.45) is 0. The van der Waals surface area contributed by atoms with E-state index in [1.54, 1.807) is 0 Å². The van der Waals surface area contributed by atoms with Gasteiger partial charge in [-0.15, -0.1) is 11.3 Å². The molecule has 1 unspecified atom stereocenters. The van der Waals surface area contributed by atoms with Gasteiger partial charge < -0.3 is 5.32 Å². The largest absolute Gasteiger partial charge is 0.378 e. The Hall–Kier alpha value is -1.79. The maximum absolute atomic E-state index is 9.18. The molecule has 0 radical (unpaired) electrons. The van der Waals surface area contributed by atoms with Crippen LogP contribution >= 0.6 is 11.3 Å². The van der Waals surface area contributed by atoms with E-state index in [9.17, 15) is 5.26 Å². The zero-order valence-corrected chi connectivity index (χ0v) is 14.1. The Labute approximate surface area is 131 Å². The second-order valence-corrected chi connectivity index (χ2v) is 7.51. The highest BCUT2D eigenvalue weighted by atomic mass is 32.1. The molecule has 0 bridgehead atoms. The average Bonchev–Trinajstić information content (AvgIpc) is 2.78. The summed E-state index contributed by atoms with van der Waals surface area (Å²) in [5.41, 5.74) is 3.05. The fraction of sp³-hybridized carbons (Fsp3) is 0.389. The van der Waals surface area contributed by atoms with E-state index in [0.717, 1.165) is 11.3 Å². The van der Waals surface area contributed by atoms with Crippen molar-refractivity contribution in [2.45, 2.75) is 46.1 Å². The molecule has 1 atom stereocenters. The molecule has 2 nitrogen and oxygen atoms in total. The Balaban J connectivity index is 2.14. The number of benzene rings is 1. The summed E-state index contributed by atoms with van der Waals surface area (Å²) in [5.74, 6) is 0. The highest BCUT2D eigenvalue weighted by Crippen LogP contribution is 2.29. The molecule has 21 heavy (non-hydrogen) atoms. The molecule has 3 heteroatoms. The first-order valence-corrected chi connectivity index (χ1v) is 8.00. The van der Waals surface area contributed by atoms with Crippen molar-refractivity contribution >= 4 is 17.0 Å². The van der Waals surface area contributed by atoms with Gasteiger partial charge in [0.15, 0.2) is 0 Å². The number of nitrogens with one attached hydrogen (secondary N) is 1. The SMILES string of the molecule is Cc1cc(C(C)Nc2ccc(C(C)(C)C#N)cc2)c(C)s1. The van der Waals surface area contributed by atoms with Gasteiger partial charge >= 0.3 is 0 Å². The maximum atomic E-state index is 9.18. The average molecular weight is 298 g/mol. The van der Waals surface area contributed by atoms with E-state index >= 15 is 0 Å². The molecular weight excluding hydrogens is 276 g/mol. The molecule has 0 amide bonds. The highest BCUT2D eigenvalue weighted by Gasteiger charge is 2.19. The van der Waals surface area contributed by atoms with Crippen LogP contribution in [-0.4, -0.2) is 0 Å². The molecule has 1 N–H and O–H groups in total. The molecule has 0 fully saturated rings. The van der Waals surface area contributed by atoms with E-state index in [-0.39, 0.29) is 6.04 Å². The third-order valence-corrected chi connectivity index (χ3v) is 4.80. The Bertz CT molecular complexity index is 660. The fourth-order valence-electron chi connectivity index (χ4n) is 2.46. The number of aryl methyl sites for hydroxylation is 2. The van der Waals surface area contributed by atoms with Crippen molar-refractivity contribution in [2.75, 3.05) is 5.32 Å². The van der Waals surface area contributed by atoms with Crippen LogP contribution < -0.4 is 5.32 Å². The highest BCUT2D eigenvalue weighted by molar-refractivity contribution is 7.12. The van der Waals surface area contributed by atoms with Gasteiger partial charge in [-0.25, -0.2) is 0 Å². The number of thiophene rings is 1. The van der Waals surface area contributed by atoms with E-state index in [1.165, 1.54) is 15.3 Å². The minimum Gasteiger partial charge on any atom is -0.378 e. The first kappa shape index (κ1) is 15.6. The minimum atomic E-state index is -0.439. The summed E-state index contributed by atoms with van der Waals surface area (Å²) in [6.45, 7) is 10.4. The first-order chi connectivity index (χ1) is 9.83. The molecule has 1 heterocycles. The number of hydrogen-bond acceptors (Lipinski definition) is 3. The van der Waals surface area contributed by atoms with E-state index in [2.05, 4.69) is 50.4 Å². The van der Waals surface area contributed by atoms with Crippen LogP contribution in [0.5, 0.6) is 0 Å². The van der Waals surface area contributed by atoms with Crippen LogP contribution in [0.25, 0.3) is 0 Å². The molecule has 0 saturated heterocycles. The zero-order chi connectivity index (χ0) is 15.6. The standard InChI is InChI=1S/C18H22N2S/c1-12-10-17(14(3)21-12)13(2)20-16-8-6-15(7-9-16)18(4,5)11-19/h6-10,13,20H,1-5H3. The molecule has 0 aliphatic carbocycles. The van der Waals surface area contributed by atoms with Crippen LogP contribution in [-0.2, 0) is 5.41 Å². The lowest BCUT2D eigenvalue weighted by molar-refractivity contribution is 0.687. The summed E-state index contributed by atoms with van der Waals surface area (Å²) in [4.78, 5) is 2.72. The van der Waals surface area contributed by atoms with Crippen LogP contribution in [0.3, 0.4) is 0 Å². The molecule has 0 spiro atoms. The summed E-state index contributed by atoms with van der Waals surface area (Å²) < 4.78 is 0. The Morgan fingerprint density at radius 3 is 2.29 bits per heavy atom. The molecule has 1 aromatic heterocycles. The van der Waals surface area contributed by atoms with Crippen LogP contribution in [0.1, 0.15) is 47.7 Å². The van der Waals surface area contributed by atoms with Crippen LogP contribution in [0.4, 0.5) is 5.69 Å². The molecule has 0 saturated carbocycles. The van der Waals surface area contributed by atoms with E-state index < -0.39 is 5.41 Å². The van der Waals surface area contributed by atoms with Crippen molar-refractivity contribution in [3.05, 3.63) is 51.2 Å². The number of anilines is 1. The van der Waals surface area contributed by atoms with Crippen molar-refractivity contribution < 1.29 is 0 Å². The smallest absolute Gasteiger partial charge is 0.0766 e. The lowest BCUT2D eigenvalue weighted by Crippen LogP contribution is -2.14. The van der Waals surface area contributed by atoms with Gasteiger partial charge in [-0.3, -0.25) is 0 Å². The van der Waals surface area contributed by atoms with Gasteiger partial charge in [-0.05, 0) is 63.9 Å². The lowest BCUT2D eigenvalue weighted by Gasteiger charge is -2.18. The predicted octanol–water partition coefficient (Wildman–Crippen LogP) is 5.34. The Kier molecular flexibility index (Phi) is 4.39. The number of hydrogen-bond donors (Lipinski definition) is 1. The number of rotatable bonds is 4. The van der Waals surface area contributed by atoms with Crippen molar-refractivity contribution in [3.63, 3.8) is 0 Å². The molecule has 2 rings (SSSR count). The van der Waals surface area contributed by atoms with E-state index in [4.69, 9.17) is 0 Å². The van der Waals surface area contributed by atoms with Gasteiger partial charge in [0.1, 0.15) is 0 Å². The van der Waals surface area contributed by atoms with Crippen molar-refractivity contribution in [1.82, 2.24) is 0 Å². The van der Waals surface area contributed by atoms with Gasteiger partial charge in [0.2, 0.25) is 0 Å². The molecule has 0 aliphatic heterocycles. The van der Waals surface area contributed by atoms with Gasteiger partial charge in [0, 0.05) is 21.5 Å². The third kappa shape index (κ3) is 3.46. The topological polar surface area (TPSA) is 35.8 Å². The maximum Gasteiger partial charge on any atom is 0.0766 e. The first-order valence-electron chi connectivity index (χ1n) is 7.19.